The minimum atomic E-state index is 0.916. The summed E-state index contributed by atoms with van der Waals surface area (Å²) in [5.41, 5.74) is 22.4. The van der Waals surface area contributed by atoms with E-state index in [2.05, 4.69) is 354 Å². The average Bonchev–Trinajstić information content (AvgIpc) is 1.67. The van der Waals surface area contributed by atoms with Crippen LogP contribution in [0.1, 0.15) is 0 Å². The van der Waals surface area contributed by atoms with Gasteiger partial charge < -0.3 is 24.9 Å². The fourth-order valence-corrected chi connectivity index (χ4v) is 15.5. The van der Waals surface area contributed by atoms with Crippen LogP contribution in [-0.4, -0.2) is 0 Å². The second-order valence-corrected chi connectivity index (χ2v) is 26.4. The Morgan fingerprint density at radius 1 is 0.216 bits per heavy atom. The molecule has 0 aliphatic rings. The zero-order chi connectivity index (χ0) is 64.4. The third-order valence-corrected chi connectivity index (χ3v) is 20.4. The SMILES string of the molecule is c1ccc(N(c2ccccc2)c2ccc3c(c2)sc2ccc(-c4ccc(Nc5ccc(-c6cccc7c6oc6ccccc67)cc5)cc4)cc23)cc1.c1ccc(Nc2ccc(-c3ccc4sc5ccc(-c6ccc(N(c7ccccc7)c7ccccc7)cc6)cc5c4c3)cc2)cc1. The first kappa shape index (κ1) is 58.6. The van der Waals surface area contributed by atoms with Crippen LogP contribution in [0.5, 0.6) is 0 Å². The van der Waals surface area contributed by atoms with Crippen LogP contribution in [0.2, 0.25) is 0 Å². The van der Waals surface area contributed by atoms with Crippen molar-refractivity contribution in [2.75, 3.05) is 20.4 Å². The highest BCUT2D eigenvalue weighted by atomic mass is 32.1. The molecule has 0 aliphatic carbocycles. The monoisotopic (exact) mass is 1280 g/mol. The molecular formula is C90H62N4OS2. The second-order valence-electron chi connectivity index (χ2n) is 24.2. The van der Waals surface area contributed by atoms with Crippen molar-refractivity contribution >= 4 is 142 Å². The molecule has 0 fully saturated rings. The van der Waals surface area contributed by atoms with Crippen LogP contribution in [0.3, 0.4) is 0 Å². The first-order chi connectivity index (χ1) is 48.0. The van der Waals surface area contributed by atoms with E-state index in [1.165, 1.54) is 73.7 Å². The van der Waals surface area contributed by atoms with E-state index in [0.717, 1.165) is 89.9 Å². The van der Waals surface area contributed by atoms with Gasteiger partial charge in [-0.05, 0) is 203 Å². The fraction of sp³-hybridized carbons (Fsp3) is 0. The Labute approximate surface area is 571 Å². The lowest BCUT2D eigenvalue weighted by atomic mass is 10.00. The highest BCUT2D eigenvalue weighted by Gasteiger charge is 2.18. The van der Waals surface area contributed by atoms with Crippen LogP contribution < -0.4 is 20.4 Å². The molecule has 0 atom stereocenters. The van der Waals surface area contributed by atoms with Gasteiger partial charge in [0.2, 0.25) is 0 Å². The summed E-state index contributed by atoms with van der Waals surface area (Å²) in [5, 5.41) is 14.5. The second kappa shape index (κ2) is 25.9. The number of nitrogens with one attached hydrogen (secondary N) is 2. The van der Waals surface area contributed by atoms with E-state index in [4.69, 9.17) is 4.42 Å². The van der Waals surface area contributed by atoms with Gasteiger partial charge in [0, 0.05) is 114 Å². The third kappa shape index (κ3) is 11.9. The largest absolute Gasteiger partial charge is 0.455 e. The normalized spacial score (nSPS) is 11.3. The summed E-state index contributed by atoms with van der Waals surface area (Å²) in [6.45, 7) is 0. The summed E-state index contributed by atoms with van der Waals surface area (Å²) in [6.07, 6.45) is 0. The molecule has 2 N–H and O–H groups in total. The number of anilines is 10. The first-order valence-corrected chi connectivity index (χ1v) is 34.3. The summed E-state index contributed by atoms with van der Waals surface area (Å²) >= 11 is 3.71. The van der Waals surface area contributed by atoms with Crippen LogP contribution in [0.25, 0.3) is 107 Å². The molecule has 97 heavy (non-hydrogen) atoms. The van der Waals surface area contributed by atoms with Crippen molar-refractivity contribution in [1.29, 1.82) is 0 Å². The molecule has 0 radical (unpaired) electrons. The summed E-state index contributed by atoms with van der Waals surface area (Å²) in [6, 6.07) is 129. The van der Waals surface area contributed by atoms with E-state index in [1.807, 2.05) is 53.0 Å². The van der Waals surface area contributed by atoms with Gasteiger partial charge in [0.15, 0.2) is 0 Å². The molecule has 0 saturated heterocycles. The van der Waals surface area contributed by atoms with Gasteiger partial charge in [-0.3, -0.25) is 0 Å². The Kier molecular flexibility index (Phi) is 15.6. The maximum absolute atomic E-state index is 6.28. The number of hydrogen-bond acceptors (Lipinski definition) is 7. The summed E-state index contributed by atoms with van der Waals surface area (Å²) in [4.78, 5) is 4.62. The van der Waals surface area contributed by atoms with Gasteiger partial charge in [0.1, 0.15) is 11.2 Å². The number of fused-ring (bicyclic) bond motifs is 9. The predicted octanol–water partition coefficient (Wildman–Crippen LogP) is 27.1. The number of furan rings is 1. The lowest BCUT2D eigenvalue weighted by molar-refractivity contribution is 0.670. The predicted molar refractivity (Wildman–Crippen MR) is 416 cm³/mol. The molecule has 0 spiro atoms. The van der Waals surface area contributed by atoms with Crippen molar-refractivity contribution in [1.82, 2.24) is 0 Å². The third-order valence-electron chi connectivity index (χ3n) is 18.1. The molecule has 0 saturated carbocycles. The Balaban J connectivity index is 0.000000148. The van der Waals surface area contributed by atoms with E-state index < -0.39 is 0 Å². The lowest BCUT2D eigenvalue weighted by Crippen LogP contribution is -2.09. The maximum atomic E-state index is 6.28. The molecule has 0 unspecified atom stereocenters. The molecule has 0 bridgehead atoms. The first-order valence-electron chi connectivity index (χ1n) is 32.7. The fourth-order valence-electron chi connectivity index (χ4n) is 13.3. The minimum absolute atomic E-state index is 0.916. The van der Waals surface area contributed by atoms with Crippen molar-refractivity contribution in [3.63, 3.8) is 0 Å². The van der Waals surface area contributed by atoms with E-state index in [0.29, 0.717) is 0 Å². The topological polar surface area (TPSA) is 43.7 Å². The summed E-state index contributed by atoms with van der Waals surface area (Å²) in [5.74, 6) is 0. The number of thiophene rings is 2. The molecule has 7 heteroatoms. The number of para-hydroxylation sites is 7. The molecule has 3 heterocycles. The Hall–Kier alpha value is -12.3. The number of benzene rings is 15. The highest BCUT2D eigenvalue weighted by Crippen LogP contribution is 2.44. The van der Waals surface area contributed by atoms with Crippen molar-refractivity contribution < 1.29 is 4.42 Å². The number of nitrogens with zero attached hydrogens (tertiary/aromatic N) is 2. The lowest BCUT2D eigenvalue weighted by Gasteiger charge is -2.25. The molecule has 0 amide bonds. The molecule has 18 aromatic rings. The molecule has 5 nitrogen and oxygen atoms in total. The Morgan fingerprint density at radius 3 is 1.05 bits per heavy atom. The molecule has 0 aliphatic heterocycles. The van der Waals surface area contributed by atoms with Gasteiger partial charge in [-0.2, -0.15) is 0 Å². The average molecular weight is 1280 g/mol. The van der Waals surface area contributed by atoms with Gasteiger partial charge in [-0.15, -0.1) is 22.7 Å². The molecule has 3 aromatic heterocycles. The van der Waals surface area contributed by atoms with Gasteiger partial charge in [0.05, 0.1) is 0 Å². The quantitative estimate of drug-likeness (QED) is 0.114. The standard InChI is InChI=1S/C48H32N2OS.C42H30N2S/c1-3-10-37(11-4-1)50(38-12-5-2-6-13-38)39-27-28-42-44-30-34(22-29-46(44)52-47(42)31-39)32-18-23-35(24-19-32)49-36-25-20-33(21-26-36)40-15-9-16-43-41-14-7-8-17-45(41)51-48(40)43;1-4-10-34(11-5-1)43-35-22-16-30(17-23-35)32-20-26-41-39(28-32)40-29-33(21-27-42(40)45-41)31-18-24-38(25-19-31)44(36-12-6-2-7-13-36)37-14-8-3-9-15-37/h1-31,49H;1-29,43H. The van der Waals surface area contributed by atoms with E-state index in [1.54, 1.807) is 0 Å². The minimum Gasteiger partial charge on any atom is -0.455 e. The van der Waals surface area contributed by atoms with Crippen LogP contribution in [0.15, 0.2) is 368 Å². The van der Waals surface area contributed by atoms with E-state index >= 15 is 0 Å². The van der Waals surface area contributed by atoms with Crippen molar-refractivity contribution in [2.45, 2.75) is 0 Å². The van der Waals surface area contributed by atoms with Crippen LogP contribution >= 0.6 is 22.7 Å². The van der Waals surface area contributed by atoms with Crippen molar-refractivity contribution in [3.8, 4) is 44.5 Å². The van der Waals surface area contributed by atoms with Crippen LogP contribution in [0, 0.1) is 0 Å². The Morgan fingerprint density at radius 2 is 0.567 bits per heavy atom. The maximum Gasteiger partial charge on any atom is 0.143 e. The van der Waals surface area contributed by atoms with E-state index in [-0.39, 0.29) is 0 Å². The Bertz CT molecular complexity index is 5700. The smallest absolute Gasteiger partial charge is 0.143 e. The van der Waals surface area contributed by atoms with Crippen LogP contribution in [0.4, 0.5) is 56.9 Å². The molecule has 460 valence electrons. The molecule has 15 aromatic carbocycles. The van der Waals surface area contributed by atoms with Gasteiger partial charge in [-0.25, -0.2) is 0 Å². The van der Waals surface area contributed by atoms with Crippen molar-refractivity contribution in [3.05, 3.63) is 364 Å². The number of hydrogen-bond donors (Lipinski definition) is 2. The van der Waals surface area contributed by atoms with Gasteiger partial charge in [0.25, 0.3) is 0 Å². The summed E-state index contributed by atoms with van der Waals surface area (Å²) in [7, 11) is 0. The van der Waals surface area contributed by atoms with Crippen LogP contribution in [-0.2, 0) is 0 Å². The van der Waals surface area contributed by atoms with E-state index in [9.17, 15) is 0 Å². The van der Waals surface area contributed by atoms with Gasteiger partial charge in [-0.1, -0.05) is 200 Å². The van der Waals surface area contributed by atoms with Crippen molar-refractivity contribution in [2.24, 2.45) is 0 Å². The number of rotatable bonds is 14. The summed E-state index contributed by atoms with van der Waals surface area (Å²) < 4.78 is 11.5. The zero-order valence-electron chi connectivity index (χ0n) is 52.8. The zero-order valence-corrected chi connectivity index (χ0v) is 54.4. The molecule has 18 rings (SSSR count). The molecular weight excluding hydrogens is 1220 g/mol. The van der Waals surface area contributed by atoms with Gasteiger partial charge >= 0.3 is 0 Å². The highest BCUT2D eigenvalue weighted by molar-refractivity contribution is 7.26.